The largest absolute Gasteiger partial charge is 0.475 e. The van der Waals surface area contributed by atoms with E-state index in [9.17, 15) is 23.7 Å². The minimum Gasteiger partial charge on any atom is -0.355 e. The van der Waals surface area contributed by atoms with E-state index in [1.165, 1.54) is 6.08 Å². The molecule has 0 bridgehead atoms. The zero-order valence-corrected chi connectivity index (χ0v) is 22.4. The number of rotatable bonds is 13. The van der Waals surface area contributed by atoms with Crippen LogP contribution in [0.15, 0.2) is 42.5 Å². The third kappa shape index (κ3) is 10.4. The highest BCUT2D eigenvalue weighted by Crippen LogP contribution is 2.57. The van der Waals surface area contributed by atoms with Crippen molar-refractivity contribution in [1.29, 1.82) is 0 Å². The predicted octanol–water partition coefficient (Wildman–Crippen LogP) is 3.17. The lowest BCUT2D eigenvalue weighted by molar-refractivity contribution is -0.141. The summed E-state index contributed by atoms with van der Waals surface area (Å²) >= 11 is 0.977. The standard InChI is InChI=1S/C24H33N2O8PS/c1-4-8-19(27)15-21(29)36-14-13-25-20(28)11-12-26-23(30)22-24(2,3)17-33-35(31,34-22)32-16-18-9-6-5-7-10-18/h4-10,22H,11-17H2,1-3H3,(H,25,28)(H,26,30)/b8-4+/t22-,35?/m0/s1. The molecule has 1 aromatic rings. The summed E-state index contributed by atoms with van der Waals surface area (Å²) in [6.45, 7) is 5.48. The van der Waals surface area contributed by atoms with Crippen LogP contribution in [-0.4, -0.2) is 54.3 Å². The van der Waals surface area contributed by atoms with E-state index >= 15 is 0 Å². The minimum absolute atomic E-state index is 0.00301. The molecule has 12 heteroatoms. The van der Waals surface area contributed by atoms with Crippen molar-refractivity contribution in [1.82, 2.24) is 10.6 Å². The molecule has 1 saturated heterocycles. The maximum absolute atomic E-state index is 12.9. The molecule has 10 nitrogen and oxygen atoms in total. The Hall–Kier alpha value is -2.30. The van der Waals surface area contributed by atoms with Gasteiger partial charge in [-0.05, 0) is 18.6 Å². The number of ketones is 1. The molecule has 0 saturated carbocycles. The van der Waals surface area contributed by atoms with E-state index in [2.05, 4.69) is 10.6 Å². The molecular formula is C24H33N2O8PS. The number of benzene rings is 1. The summed E-state index contributed by atoms with van der Waals surface area (Å²) in [4.78, 5) is 47.8. The first-order chi connectivity index (χ1) is 17.0. The molecule has 2 N–H and O–H groups in total. The van der Waals surface area contributed by atoms with Crippen LogP contribution >= 0.6 is 19.6 Å². The second kappa shape index (κ2) is 14.4. The van der Waals surface area contributed by atoms with E-state index in [4.69, 9.17) is 13.6 Å². The summed E-state index contributed by atoms with van der Waals surface area (Å²) in [5, 5.41) is 5.03. The molecule has 1 heterocycles. The fourth-order valence-electron chi connectivity index (χ4n) is 3.10. The summed E-state index contributed by atoms with van der Waals surface area (Å²) in [5.74, 6) is -0.753. The lowest BCUT2D eigenvalue weighted by Crippen LogP contribution is -2.50. The van der Waals surface area contributed by atoms with Gasteiger partial charge in [-0.1, -0.05) is 62.0 Å². The fraction of sp³-hybridized carbons (Fsp3) is 0.500. The third-order valence-corrected chi connectivity index (χ3v) is 7.25. The number of hydrogen-bond acceptors (Lipinski definition) is 9. The number of hydrogen-bond donors (Lipinski definition) is 2. The Morgan fingerprint density at radius 1 is 1.17 bits per heavy atom. The van der Waals surface area contributed by atoms with E-state index in [0.717, 1.165) is 17.3 Å². The Kier molecular flexibility index (Phi) is 12.0. The van der Waals surface area contributed by atoms with Crippen LogP contribution in [-0.2, 0) is 43.9 Å². The first-order valence-electron chi connectivity index (χ1n) is 11.5. The number of amides is 2. The van der Waals surface area contributed by atoms with Crippen LogP contribution in [0.1, 0.15) is 39.2 Å². The smallest absolute Gasteiger partial charge is 0.355 e. The normalized spacial score (nSPS) is 21.1. The monoisotopic (exact) mass is 540 g/mol. The lowest BCUT2D eigenvalue weighted by atomic mass is 9.87. The molecule has 1 unspecified atom stereocenters. The van der Waals surface area contributed by atoms with Crippen molar-refractivity contribution in [2.45, 2.75) is 46.3 Å². The van der Waals surface area contributed by atoms with Crippen molar-refractivity contribution in [3.63, 3.8) is 0 Å². The number of phosphoric acid groups is 1. The number of phosphoric ester groups is 1. The van der Waals surface area contributed by atoms with Crippen molar-refractivity contribution in [3.05, 3.63) is 48.0 Å². The highest BCUT2D eigenvalue weighted by Gasteiger charge is 2.49. The van der Waals surface area contributed by atoms with Gasteiger partial charge >= 0.3 is 7.82 Å². The lowest BCUT2D eigenvalue weighted by Gasteiger charge is -2.39. The van der Waals surface area contributed by atoms with Crippen molar-refractivity contribution in [3.8, 4) is 0 Å². The first-order valence-corrected chi connectivity index (χ1v) is 14.0. The molecule has 1 aromatic carbocycles. The van der Waals surface area contributed by atoms with Crippen molar-refractivity contribution in [2.75, 3.05) is 25.4 Å². The minimum atomic E-state index is -3.95. The van der Waals surface area contributed by atoms with E-state index in [1.807, 2.05) is 18.2 Å². The molecule has 0 aromatic heterocycles. The van der Waals surface area contributed by atoms with Crippen molar-refractivity contribution >= 4 is 42.3 Å². The molecule has 2 atom stereocenters. The highest BCUT2D eigenvalue weighted by molar-refractivity contribution is 8.13. The third-order valence-electron chi connectivity index (χ3n) is 5.02. The summed E-state index contributed by atoms with van der Waals surface area (Å²) in [6.07, 6.45) is 1.66. The van der Waals surface area contributed by atoms with Gasteiger partial charge in [-0.25, -0.2) is 4.57 Å². The van der Waals surface area contributed by atoms with Crippen LogP contribution in [0.2, 0.25) is 0 Å². The molecule has 2 rings (SSSR count). The van der Waals surface area contributed by atoms with Crippen molar-refractivity contribution in [2.24, 2.45) is 5.41 Å². The molecular weight excluding hydrogens is 507 g/mol. The summed E-state index contributed by atoms with van der Waals surface area (Å²) in [7, 11) is -3.95. The molecule has 1 aliphatic rings. The molecule has 0 aliphatic carbocycles. The zero-order valence-electron chi connectivity index (χ0n) is 20.7. The van der Waals surface area contributed by atoms with Crippen LogP contribution < -0.4 is 10.6 Å². The number of carbonyl (C=O) groups excluding carboxylic acids is 4. The van der Waals surface area contributed by atoms with Crippen LogP contribution in [0.3, 0.4) is 0 Å². The molecule has 1 fully saturated rings. The Labute approximate surface area is 215 Å². The summed E-state index contributed by atoms with van der Waals surface area (Å²) in [6, 6.07) is 9.09. The summed E-state index contributed by atoms with van der Waals surface area (Å²) in [5.41, 5.74) is 0.00991. The molecule has 36 heavy (non-hydrogen) atoms. The average molecular weight is 541 g/mol. The number of nitrogens with one attached hydrogen (secondary N) is 2. The second-order valence-electron chi connectivity index (χ2n) is 8.71. The second-order valence-corrected chi connectivity index (χ2v) is 11.5. The van der Waals surface area contributed by atoms with Gasteiger partial charge in [-0.2, -0.15) is 0 Å². The van der Waals surface area contributed by atoms with E-state index in [-0.39, 0.29) is 56.0 Å². The predicted molar refractivity (Wildman–Crippen MR) is 136 cm³/mol. The topological polar surface area (TPSA) is 137 Å². The van der Waals surface area contributed by atoms with Crippen LogP contribution in [0.25, 0.3) is 0 Å². The number of carbonyl (C=O) groups is 4. The van der Waals surface area contributed by atoms with Gasteiger partial charge in [-0.3, -0.25) is 32.7 Å². The van der Waals surface area contributed by atoms with Crippen LogP contribution in [0, 0.1) is 5.41 Å². The SMILES string of the molecule is C/C=C/C(=O)CC(=O)SCCNC(=O)CCNC(=O)[C@@H]1OP(=O)(OCc2ccccc2)OCC1(C)C. The number of allylic oxidation sites excluding steroid dienone is 2. The highest BCUT2D eigenvalue weighted by atomic mass is 32.2. The molecule has 0 spiro atoms. The van der Waals surface area contributed by atoms with Gasteiger partial charge in [0.15, 0.2) is 17.0 Å². The van der Waals surface area contributed by atoms with Gasteiger partial charge in [0.1, 0.15) is 0 Å². The molecule has 198 valence electrons. The van der Waals surface area contributed by atoms with E-state index in [1.54, 1.807) is 39.0 Å². The quantitative estimate of drug-likeness (QED) is 0.167. The Bertz CT molecular complexity index is 999. The molecule has 2 amide bonds. The van der Waals surface area contributed by atoms with E-state index in [0.29, 0.717) is 5.75 Å². The first kappa shape index (κ1) is 29.9. The van der Waals surface area contributed by atoms with Gasteiger partial charge in [-0.15, -0.1) is 0 Å². The van der Waals surface area contributed by atoms with Crippen LogP contribution in [0.4, 0.5) is 0 Å². The molecule has 1 aliphatic heterocycles. The van der Waals surface area contributed by atoms with Gasteiger partial charge in [0.2, 0.25) is 11.8 Å². The maximum atomic E-state index is 12.9. The van der Waals surface area contributed by atoms with Gasteiger partial charge in [0, 0.05) is 30.7 Å². The van der Waals surface area contributed by atoms with Gasteiger partial charge in [0.05, 0.1) is 19.6 Å². The summed E-state index contributed by atoms with van der Waals surface area (Å²) < 4.78 is 29.2. The van der Waals surface area contributed by atoms with Gasteiger partial charge in [0.25, 0.3) is 0 Å². The number of thioether (sulfide) groups is 1. The Morgan fingerprint density at radius 3 is 2.58 bits per heavy atom. The Balaban J connectivity index is 1.72. The average Bonchev–Trinajstić information content (AvgIpc) is 2.83. The Morgan fingerprint density at radius 2 is 1.89 bits per heavy atom. The van der Waals surface area contributed by atoms with Crippen molar-refractivity contribution < 1.29 is 37.3 Å². The maximum Gasteiger partial charge on any atom is 0.475 e. The van der Waals surface area contributed by atoms with E-state index < -0.39 is 25.2 Å². The van der Waals surface area contributed by atoms with Gasteiger partial charge < -0.3 is 10.6 Å². The zero-order chi connectivity index (χ0) is 26.6. The fourth-order valence-corrected chi connectivity index (χ4v) is 5.41. The molecule has 0 radical (unpaired) electrons. The van der Waals surface area contributed by atoms with Crippen LogP contribution in [0.5, 0.6) is 0 Å².